The highest BCUT2D eigenvalue weighted by atomic mass is 32.2. The first-order valence-electron chi connectivity index (χ1n) is 7.19. The Kier molecular flexibility index (Phi) is 8.93. The second-order valence-electron chi connectivity index (χ2n) is 5.20. The molecule has 0 N–H and O–H groups in total. The number of hydrogen-bond acceptors (Lipinski definition) is 2. The molecule has 104 valence electrons. The lowest BCUT2D eigenvalue weighted by Crippen LogP contribution is -2.23. The standard InChI is InChI=1S/C14H30O2S/c1-5-9-13(7-3)11-17(15,16)12-14(8-4)10-6-2/h13-14H,5-12H2,1-4H3. The molecule has 0 heterocycles. The molecule has 0 aromatic carbocycles. The van der Waals surface area contributed by atoms with Crippen molar-refractivity contribution < 1.29 is 8.42 Å². The summed E-state index contributed by atoms with van der Waals surface area (Å²) < 4.78 is 24.2. The summed E-state index contributed by atoms with van der Waals surface area (Å²) in [6.45, 7) is 8.45. The van der Waals surface area contributed by atoms with Crippen molar-refractivity contribution in [2.24, 2.45) is 11.8 Å². The summed E-state index contributed by atoms with van der Waals surface area (Å²) in [5, 5.41) is 0. The van der Waals surface area contributed by atoms with Gasteiger partial charge in [0.25, 0.3) is 0 Å². The zero-order valence-electron chi connectivity index (χ0n) is 12.0. The quantitative estimate of drug-likeness (QED) is 0.595. The number of sulfone groups is 1. The second-order valence-corrected chi connectivity index (χ2v) is 7.36. The van der Waals surface area contributed by atoms with Gasteiger partial charge < -0.3 is 0 Å². The van der Waals surface area contributed by atoms with Crippen molar-refractivity contribution in [3.8, 4) is 0 Å². The van der Waals surface area contributed by atoms with Crippen LogP contribution < -0.4 is 0 Å². The molecule has 0 bridgehead atoms. The normalized spacial score (nSPS) is 15.8. The van der Waals surface area contributed by atoms with E-state index in [0.29, 0.717) is 23.3 Å². The lowest BCUT2D eigenvalue weighted by atomic mass is 10.0. The molecule has 0 aliphatic heterocycles. The summed E-state index contributed by atoms with van der Waals surface area (Å²) in [5.74, 6) is 1.53. The Morgan fingerprint density at radius 3 is 1.35 bits per heavy atom. The van der Waals surface area contributed by atoms with Gasteiger partial charge in [-0.3, -0.25) is 0 Å². The van der Waals surface area contributed by atoms with E-state index < -0.39 is 9.84 Å². The summed E-state index contributed by atoms with van der Waals surface area (Å²) in [6.07, 6.45) is 6.22. The molecule has 3 heteroatoms. The van der Waals surface area contributed by atoms with Gasteiger partial charge in [-0.2, -0.15) is 0 Å². The minimum atomic E-state index is -2.85. The third kappa shape index (κ3) is 7.80. The Morgan fingerprint density at radius 1 is 0.765 bits per heavy atom. The van der Waals surface area contributed by atoms with Gasteiger partial charge in [-0.25, -0.2) is 8.42 Å². The van der Waals surface area contributed by atoms with Crippen molar-refractivity contribution in [3.05, 3.63) is 0 Å². The van der Waals surface area contributed by atoms with Crippen LogP contribution in [0.4, 0.5) is 0 Å². The van der Waals surface area contributed by atoms with Crippen molar-refractivity contribution in [3.63, 3.8) is 0 Å². The molecule has 0 aromatic rings. The van der Waals surface area contributed by atoms with Crippen LogP contribution >= 0.6 is 0 Å². The van der Waals surface area contributed by atoms with Gasteiger partial charge in [-0.1, -0.05) is 53.4 Å². The molecule has 2 nitrogen and oxygen atoms in total. The Hall–Kier alpha value is -0.0500. The van der Waals surface area contributed by atoms with Gasteiger partial charge in [-0.15, -0.1) is 0 Å². The Labute approximate surface area is 108 Å². The van der Waals surface area contributed by atoms with Crippen molar-refractivity contribution in [1.82, 2.24) is 0 Å². The van der Waals surface area contributed by atoms with Gasteiger partial charge in [-0.05, 0) is 24.7 Å². The summed E-state index contributed by atoms with van der Waals surface area (Å²) in [6, 6.07) is 0. The highest BCUT2D eigenvalue weighted by Crippen LogP contribution is 2.18. The first-order chi connectivity index (χ1) is 7.99. The summed E-state index contributed by atoms with van der Waals surface area (Å²) in [4.78, 5) is 0. The summed E-state index contributed by atoms with van der Waals surface area (Å²) in [5.41, 5.74) is 0. The van der Waals surface area contributed by atoms with E-state index >= 15 is 0 Å². The maximum absolute atomic E-state index is 12.1. The Bertz CT molecular complexity index is 248. The highest BCUT2D eigenvalue weighted by Gasteiger charge is 2.21. The molecule has 0 saturated heterocycles. The largest absolute Gasteiger partial charge is 0.229 e. The molecule has 0 aromatic heterocycles. The van der Waals surface area contributed by atoms with Crippen LogP contribution in [0.25, 0.3) is 0 Å². The molecular formula is C14H30O2S. The molecule has 0 amide bonds. The predicted molar refractivity (Wildman–Crippen MR) is 76.0 cm³/mol. The molecule has 0 aliphatic rings. The van der Waals surface area contributed by atoms with Crippen LogP contribution in [0.3, 0.4) is 0 Å². The van der Waals surface area contributed by atoms with Gasteiger partial charge >= 0.3 is 0 Å². The van der Waals surface area contributed by atoms with E-state index in [0.717, 1.165) is 38.5 Å². The highest BCUT2D eigenvalue weighted by molar-refractivity contribution is 7.91. The topological polar surface area (TPSA) is 34.1 Å². The molecule has 17 heavy (non-hydrogen) atoms. The smallest absolute Gasteiger partial charge is 0.150 e. The van der Waals surface area contributed by atoms with Crippen molar-refractivity contribution in [1.29, 1.82) is 0 Å². The SMILES string of the molecule is CCCC(CC)CS(=O)(=O)CC(CC)CCC. The second kappa shape index (κ2) is 8.96. The fraction of sp³-hybridized carbons (Fsp3) is 1.00. The van der Waals surface area contributed by atoms with Crippen LogP contribution in [0.15, 0.2) is 0 Å². The van der Waals surface area contributed by atoms with Crippen LogP contribution in [-0.4, -0.2) is 19.9 Å². The maximum Gasteiger partial charge on any atom is 0.150 e. The van der Waals surface area contributed by atoms with Crippen LogP contribution in [-0.2, 0) is 9.84 Å². The van der Waals surface area contributed by atoms with Gasteiger partial charge in [0.15, 0.2) is 9.84 Å². The minimum absolute atomic E-state index is 0.365. The molecule has 0 aliphatic carbocycles. The molecule has 0 spiro atoms. The van der Waals surface area contributed by atoms with Gasteiger partial charge in [0, 0.05) is 0 Å². The van der Waals surface area contributed by atoms with Crippen molar-refractivity contribution >= 4 is 9.84 Å². The Morgan fingerprint density at radius 2 is 1.12 bits per heavy atom. The van der Waals surface area contributed by atoms with E-state index in [-0.39, 0.29) is 0 Å². The summed E-state index contributed by atoms with van der Waals surface area (Å²) in [7, 11) is -2.85. The Balaban J connectivity index is 4.35. The van der Waals surface area contributed by atoms with Gasteiger partial charge in [0.1, 0.15) is 0 Å². The first kappa shape index (κ1) is 16.9. The summed E-state index contributed by atoms with van der Waals surface area (Å²) >= 11 is 0. The third-order valence-corrected chi connectivity index (χ3v) is 5.49. The van der Waals surface area contributed by atoms with E-state index in [1.165, 1.54) is 0 Å². The average molecular weight is 262 g/mol. The van der Waals surface area contributed by atoms with E-state index in [9.17, 15) is 8.42 Å². The monoisotopic (exact) mass is 262 g/mol. The molecule has 2 atom stereocenters. The number of hydrogen-bond donors (Lipinski definition) is 0. The zero-order valence-corrected chi connectivity index (χ0v) is 12.9. The van der Waals surface area contributed by atoms with Gasteiger partial charge in [0.05, 0.1) is 11.5 Å². The van der Waals surface area contributed by atoms with E-state index in [2.05, 4.69) is 27.7 Å². The minimum Gasteiger partial charge on any atom is -0.229 e. The zero-order chi connectivity index (χ0) is 13.3. The molecule has 0 rings (SSSR count). The van der Waals surface area contributed by atoms with Crippen LogP contribution in [0.2, 0.25) is 0 Å². The molecule has 2 unspecified atom stereocenters. The van der Waals surface area contributed by atoms with Gasteiger partial charge in [0.2, 0.25) is 0 Å². The third-order valence-electron chi connectivity index (χ3n) is 3.53. The number of rotatable bonds is 10. The predicted octanol–water partition coefficient (Wildman–Crippen LogP) is 4.05. The van der Waals surface area contributed by atoms with E-state index in [1.54, 1.807) is 0 Å². The lowest BCUT2D eigenvalue weighted by Gasteiger charge is -2.18. The van der Waals surface area contributed by atoms with Crippen molar-refractivity contribution in [2.45, 2.75) is 66.2 Å². The fourth-order valence-electron chi connectivity index (χ4n) is 2.41. The average Bonchev–Trinajstić information content (AvgIpc) is 2.27. The molecule has 0 saturated carbocycles. The maximum atomic E-state index is 12.1. The van der Waals surface area contributed by atoms with Crippen LogP contribution in [0.1, 0.15) is 66.2 Å². The lowest BCUT2D eigenvalue weighted by molar-refractivity contribution is 0.476. The van der Waals surface area contributed by atoms with E-state index in [4.69, 9.17) is 0 Å². The van der Waals surface area contributed by atoms with E-state index in [1.807, 2.05) is 0 Å². The molecular weight excluding hydrogens is 232 g/mol. The molecule has 0 fully saturated rings. The van der Waals surface area contributed by atoms with Crippen molar-refractivity contribution in [2.75, 3.05) is 11.5 Å². The fourth-order valence-corrected chi connectivity index (χ4v) is 4.79. The van der Waals surface area contributed by atoms with Crippen LogP contribution in [0, 0.1) is 11.8 Å². The first-order valence-corrected chi connectivity index (χ1v) is 9.01. The molecule has 0 radical (unpaired) electrons. The van der Waals surface area contributed by atoms with Crippen LogP contribution in [0.5, 0.6) is 0 Å².